The molecule has 4 rings (SSSR count). The number of nitrogens with one attached hydrogen (secondary N) is 1. The molecule has 3 aromatic rings. The van der Waals surface area contributed by atoms with Gasteiger partial charge in [0.1, 0.15) is 11.9 Å². The molecular weight excluding hydrogens is 473 g/mol. The molecule has 0 saturated carbocycles. The Labute approximate surface area is 196 Å². The molecule has 1 aliphatic rings. The van der Waals surface area contributed by atoms with Crippen LogP contribution in [0.1, 0.15) is 15.2 Å². The van der Waals surface area contributed by atoms with Crippen LogP contribution in [0.3, 0.4) is 0 Å². The van der Waals surface area contributed by atoms with Crippen LogP contribution in [0.5, 0.6) is 0 Å². The number of ether oxygens (including phenoxy) is 1. The number of halogens is 2. The van der Waals surface area contributed by atoms with E-state index < -0.39 is 18.0 Å². The Hall–Kier alpha value is -3.21. The zero-order chi connectivity index (χ0) is 23.5. The molecule has 0 bridgehead atoms. The predicted octanol–water partition coefficient (Wildman–Crippen LogP) is 2.98. The van der Waals surface area contributed by atoms with Gasteiger partial charge in [-0.25, -0.2) is 9.18 Å². The van der Waals surface area contributed by atoms with Crippen molar-refractivity contribution >= 4 is 40.6 Å². The standard InChI is InChI=1S/C22H19ClFN3O5S/c23-19-6-5-18(33-19)20(29)25-11-15-12-27(22(31)32-15)17-4-3-14(10-16(17)24)26-8-1-2-13(7-9-28)21(26)30/h1-6,8,10,15,28H,7,9,11-12H2,(H,25,29)/t15-/m0/s1. The largest absolute Gasteiger partial charge is 0.442 e. The number of carbonyl (C=O) groups is 2. The van der Waals surface area contributed by atoms with Crippen LogP contribution in [0.25, 0.3) is 5.69 Å². The fourth-order valence-corrected chi connectivity index (χ4v) is 4.43. The highest BCUT2D eigenvalue weighted by Gasteiger charge is 2.34. The van der Waals surface area contributed by atoms with E-state index in [2.05, 4.69) is 5.32 Å². The summed E-state index contributed by atoms with van der Waals surface area (Å²) in [5.74, 6) is -1.05. The number of pyridine rings is 1. The summed E-state index contributed by atoms with van der Waals surface area (Å²) in [7, 11) is 0. The minimum Gasteiger partial charge on any atom is -0.442 e. The van der Waals surface area contributed by atoms with Gasteiger partial charge in [-0.15, -0.1) is 11.3 Å². The number of anilines is 1. The van der Waals surface area contributed by atoms with Crippen molar-refractivity contribution in [3.8, 4) is 5.69 Å². The molecule has 0 spiro atoms. The second kappa shape index (κ2) is 9.74. The Kier molecular flexibility index (Phi) is 6.77. The number of benzene rings is 1. The summed E-state index contributed by atoms with van der Waals surface area (Å²) >= 11 is 6.96. The molecule has 1 fully saturated rings. The van der Waals surface area contributed by atoms with Crippen LogP contribution in [-0.2, 0) is 11.2 Å². The normalized spacial score (nSPS) is 15.5. The molecule has 2 N–H and O–H groups in total. The second-order valence-corrected chi connectivity index (χ2v) is 8.96. The Morgan fingerprint density at radius 2 is 2.09 bits per heavy atom. The van der Waals surface area contributed by atoms with Crippen LogP contribution in [0.15, 0.2) is 53.5 Å². The van der Waals surface area contributed by atoms with Gasteiger partial charge in [-0.05, 0) is 30.3 Å². The Bertz CT molecular complexity index is 1260. The molecule has 1 saturated heterocycles. The first-order chi connectivity index (χ1) is 15.9. The summed E-state index contributed by atoms with van der Waals surface area (Å²) in [4.78, 5) is 38.6. The first kappa shape index (κ1) is 23.0. The molecule has 2 aromatic heterocycles. The summed E-state index contributed by atoms with van der Waals surface area (Å²) < 4.78 is 21.9. The molecule has 3 heterocycles. The van der Waals surface area contributed by atoms with E-state index in [0.29, 0.717) is 14.8 Å². The first-order valence-corrected chi connectivity index (χ1v) is 11.2. The number of hydrogen-bond donors (Lipinski definition) is 2. The Morgan fingerprint density at radius 3 is 2.79 bits per heavy atom. The highest BCUT2D eigenvalue weighted by atomic mass is 35.5. The van der Waals surface area contributed by atoms with E-state index in [1.807, 2.05) is 0 Å². The van der Waals surface area contributed by atoms with E-state index >= 15 is 0 Å². The maximum absolute atomic E-state index is 14.9. The minimum atomic E-state index is -0.734. The van der Waals surface area contributed by atoms with E-state index in [9.17, 15) is 18.8 Å². The first-order valence-electron chi connectivity index (χ1n) is 10.0. The zero-order valence-electron chi connectivity index (χ0n) is 17.2. The number of nitrogens with zero attached hydrogens (tertiary/aromatic N) is 2. The Morgan fingerprint density at radius 1 is 1.27 bits per heavy atom. The topological polar surface area (TPSA) is 101 Å². The number of amides is 2. The van der Waals surface area contributed by atoms with Crippen LogP contribution in [0.2, 0.25) is 4.34 Å². The van der Waals surface area contributed by atoms with Gasteiger partial charge in [0, 0.05) is 30.9 Å². The summed E-state index contributed by atoms with van der Waals surface area (Å²) in [5, 5.41) is 11.8. The number of aromatic nitrogens is 1. The maximum atomic E-state index is 14.9. The van der Waals surface area contributed by atoms with E-state index in [1.165, 1.54) is 22.9 Å². The van der Waals surface area contributed by atoms with Gasteiger partial charge in [-0.2, -0.15) is 0 Å². The molecular formula is C22H19ClFN3O5S. The van der Waals surface area contributed by atoms with Crippen molar-refractivity contribution in [2.45, 2.75) is 12.5 Å². The van der Waals surface area contributed by atoms with E-state index in [4.69, 9.17) is 21.4 Å². The van der Waals surface area contributed by atoms with Crippen molar-refractivity contribution in [3.63, 3.8) is 0 Å². The van der Waals surface area contributed by atoms with Crippen molar-refractivity contribution in [2.75, 3.05) is 24.6 Å². The van der Waals surface area contributed by atoms with Crippen molar-refractivity contribution in [1.29, 1.82) is 0 Å². The molecule has 0 unspecified atom stereocenters. The molecule has 11 heteroatoms. The molecule has 172 valence electrons. The van der Waals surface area contributed by atoms with E-state index in [0.717, 1.165) is 22.3 Å². The average Bonchev–Trinajstić information content (AvgIpc) is 3.39. The molecule has 0 radical (unpaired) electrons. The molecule has 2 amide bonds. The quantitative estimate of drug-likeness (QED) is 0.529. The lowest BCUT2D eigenvalue weighted by Crippen LogP contribution is -2.34. The molecule has 1 aromatic carbocycles. The van der Waals surface area contributed by atoms with Gasteiger partial charge in [-0.3, -0.25) is 19.1 Å². The van der Waals surface area contributed by atoms with Gasteiger partial charge in [0.25, 0.3) is 11.5 Å². The number of carbonyl (C=O) groups excluding carboxylic acids is 2. The second-order valence-electron chi connectivity index (χ2n) is 7.25. The van der Waals surface area contributed by atoms with Crippen molar-refractivity contribution in [2.24, 2.45) is 0 Å². The molecule has 1 atom stereocenters. The third kappa shape index (κ3) is 4.92. The Balaban J connectivity index is 1.46. The third-order valence-corrected chi connectivity index (χ3v) is 6.30. The number of hydrogen-bond acceptors (Lipinski definition) is 6. The van der Waals surface area contributed by atoms with Gasteiger partial charge in [-0.1, -0.05) is 17.7 Å². The molecule has 8 nitrogen and oxygen atoms in total. The van der Waals surface area contributed by atoms with Crippen molar-refractivity contribution in [3.05, 3.63) is 79.6 Å². The highest BCUT2D eigenvalue weighted by molar-refractivity contribution is 7.18. The molecule has 0 aliphatic carbocycles. The van der Waals surface area contributed by atoms with E-state index in [-0.39, 0.29) is 49.0 Å². The lowest BCUT2D eigenvalue weighted by Gasteiger charge is -2.16. The fourth-order valence-electron chi connectivity index (χ4n) is 3.47. The SMILES string of the molecule is O=C(NC[C@H]1CN(c2ccc(-n3cccc(CCO)c3=O)cc2F)C(=O)O1)c1ccc(Cl)s1. The van der Waals surface area contributed by atoms with Crippen LogP contribution in [0, 0.1) is 5.82 Å². The van der Waals surface area contributed by atoms with Crippen molar-refractivity contribution < 1.29 is 23.8 Å². The number of cyclic esters (lactones) is 1. The predicted molar refractivity (Wildman–Crippen MR) is 122 cm³/mol. The third-order valence-electron chi connectivity index (χ3n) is 5.07. The number of aliphatic hydroxyl groups excluding tert-OH is 1. The summed E-state index contributed by atoms with van der Waals surface area (Å²) in [6.07, 6.45) is 0.300. The average molecular weight is 492 g/mol. The summed E-state index contributed by atoms with van der Waals surface area (Å²) in [6.45, 7) is -0.0673. The summed E-state index contributed by atoms with van der Waals surface area (Å²) in [6, 6.07) is 10.5. The summed E-state index contributed by atoms with van der Waals surface area (Å²) in [5.41, 5.74) is 0.332. The van der Waals surface area contributed by atoms with Gasteiger partial charge in [0.15, 0.2) is 0 Å². The monoisotopic (exact) mass is 491 g/mol. The number of thiophene rings is 1. The van der Waals surface area contributed by atoms with Crippen LogP contribution in [0.4, 0.5) is 14.9 Å². The van der Waals surface area contributed by atoms with Crippen LogP contribution >= 0.6 is 22.9 Å². The lowest BCUT2D eigenvalue weighted by atomic mass is 10.2. The van der Waals surface area contributed by atoms with Crippen molar-refractivity contribution in [1.82, 2.24) is 9.88 Å². The highest BCUT2D eigenvalue weighted by Crippen LogP contribution is 2.27. The van der Waals surface area contributed by atoms with Gasteiger partial charge >= 0.3 is 6.09 Å². The zero-order valence-corrected chi connectivity index (χ0v) is 18.7. The smallest absolute Gasteiger partial charge is 0.414 e. The molecule has 33 heavy (non-hydrogen) atoms. The van der Waals surface area contributed by atoms with Gasteiger partial charge in [0.05, 0.1) is 33.7 Å². The minimum absolute atomic E-state index is 0.00202. The van der Waals surface area contributed by atoms with Crippen LogP contribution in [-0.4, -0.2) is 47.5 Å². The lowest BCUT2D eigenvalue weighted by molar-refractivity contribution is 0.0920. The maximum Gasteiger partial charge on any atom is 0.414 e. The van der Waals surface area contributed by atoms with Gasteiger partial charge in [0.2, 0.25) is 0 Å². The van der Waals surface area contributed by atoms with E-state index in [1.54, 1.807) is 24.3 Å². The number of rotatable bonds is 7. The number of aliphatic hydroxyl groups is 1. The van der Waals surface area contributed by atoms with Crippen LogP contribution < -0.4 is 15.8 Å². The van der Waals surface area contributed by atoms with Gasteiger partial charge < -0.3 is 15.2 Å². The fraction of sp³-hybridized carbons (Fsp3) is 0.227. The molecule has 1 aliphatic heterocycles.